The molecule has 2 heteroatoms. The molecule has 1 aliphatic heterocycles. The third kappa shape index (κ3) is 1.19. The van der Waals surface area contributed by atoms with Gasteiger partial charge < -0.3 is 9.15 Å². The summed E-state index contributed by atoms with van der Waals surface area (Å²) in [6.07, 6.45) is 7.30. The van der Waals surface area contributed by atoms with Crippen molar-refractivity contribution in [1.82, 2.24) is 0 Å². The molecule has 0 N–H and O–H groups in total. The quantitative estimate of drug-likeness (QED) is 0.609. The van der Waals surface area contributed by atoms with Gasteiger partial charge in [0.05, 0.1) is 18.1 Å². The van der Waals surface area contributed by atoms with Crippen LogP contribution in [0.2, 0.25) is 0 Å². The van der Waals surface area contributed by atoms with E-state index in [2.05, 4.69) is 0 Å². The van der Waals surface area contributed by atoms with Gasteiger partial charge in [-0.3, -0.25) is 0 Å². The maximum absolute atomic E-state index is 5.17. The van der Waals surface area contributed by atoms with Crippen LogP contribution in [0, 0.1) is 0 Å². The van der Waals surface area contributed by atoms with Gasteiger partial charge >= 0.3 is 0 Å². The normalized spacial score (nSPS) is 15.8. The van der Waals surface area contributed by atoms with Gasteiger partial charge in [0, 0.05) is 0 Å². The van der Waals surface area contributed by atoms with Crippen LogP contribution in [0.5, 0.6) is 0 Å². The maximum Gasteiger partial charge on any atom is 0.136 e. The predicted octanol–water partition coefficient (Wildman–Crippen LogP) is 2.21. The molecule has 0 aliphatic carbocycles. The minimum atomic E-state index is 0.657. The first-order valence-electron chi connectivity index (χ1n) is 3.49. The van der Waals surface area contributed by atoms with E-state index in [-0.39, 0.29) is 0 Å². The Kier molecular flexibility index (Phi) is 1.52. The topological polar surface area (TPSA) is 22.4 Å². The van der Waals surface area contributed by atoms with Gasteiger partial charge in [-0.1, -0.05) is 0 Å². The van der Waals surface area contributed by atoms with Crippen LogP contribution in [-0.2, 0) is 4.74 Å². The van der Waals surface area contributed by atoms with Crippen LogP contribution in [0.15, 0.2) is 41.2 Å². The van der Waals surface area contributed by atoms with Crippen molar-refractivity contribution in [2.45, 2.75) is 0 Å². The van der Waals surface area contributed by atoms with E-state index in [4.69, 9.17) is 9.15 Å². The number of hydrogen-bond donors (Lipinski definition) is 0. The average Bonchev–Trinajstić information content (AvgIpc) is 2.58. The molecular weight excluding hydrogens is 140 g/mol. The molecule has 56 valence electrons. The van der Waals surface area contributed by atoms with Gasteiger partial charge in [-0.05, 0) is 24.3 Å². The fourth-order valence-corrected chi connectivity index (χ4v) is 0.991. The highest BCUT2D eigenvalue weighted by molar-refractivity contribution is 5.70. The molecule has 0 amide bonds. The SMILES string of the molecule is C1=CC(c2ccco2)=COC1. The highest BCUT2D eigenvalue weighted by atomic mass is 16.5. The first-order chi connectivity index (χ1) is 5.47. The van der Waals surface area contributed by atoms with E-state index in [1.54, 1.807) is 12.5 Å². The van der Waals surface area contributed by atoms with E-state index >= 15 is 0 Å². The number of ether oxygens (including phenoxy) is 1. The molecule has 0 fully saturated rings. The second-order valence-electron chi connectivity index (χ2n) is 2.29. The van der Waals surface area contributed by atoms with Gasteiger partial charge in [-0.15, -0.1) is 0 Å². The van der Waals surface area contributed by atoms with Crippen molar-refractivity contribution < 1.29 is 9.15 Å². The Hall–Kier alpha value is -1.44. The van der Waals surface area contributed by atoms with Crippen LogP contribution in [0.1, 0.15) is 5.76 Å². The van der Waals surface area contributed by atoms with Crippen LogP contribution >= 0.6 is 0 Å². The third-order valence-electron chi connectivity index (χ3n) is 1.51. The van der Waals surface area contributed by atoms with E-state index < -0.39 is 0 Å². The summed E-state index contributed by atoms with van der Waals surface area (Å²) in [7, 11) is 0. The molecule has 2 heterocycles. The smallest absolute Gasteiger partial charge is 0.136 e. The zero-order chi connectivity index (χ0) is 7.52. The van der Waals surface area contributed by atoms with Crippen molar-refractivity contribution in [3.05, 3.63) is 42.6 Å². The molecular formula is C9H8O2. The van der Waals surface area contributed by atoms with E-state index in [0.717, 1.165) is 11.3 Å². The Morgan fingerprint density at radius 2 is 2.36 bits per heavy atom. The third-order valence-corrected chi connectivity index (χ3v) is 1.51. The molecule has 1 aliphatic rings. The standard InChI is InChI=1S/C9H8O2/c1-3-8(7-10-5-1)9-4-2-6-11-9/h1-4,6-7H,5H2. The minimum Gasteiger partial charge on any atom is -0.496 e. The van der Waals surface area contributed by atoms with Crippen molar-refractivity contribution in [3.63, 3.8) is 0 Å². The summed E-state index contributed by atoms with van der Waals surface area (Å²) < 4.78 is 10.3. The summed E-state index contributed by atoms with van der Waals surface area (Å²) in [5.41, 5.74) is 0.987. The van der Waals surface area contributed by atoms with E-state index in [0.29, 0.717) is 6.61 Å². The lowest BCUT2D eigenvalue weighted by molar-refractivity contribution is 0.287. The summed E-state index contributed by atoms with van der Waals surface area (Å²) in [5.74, 6) is 0.848. The van der Waals surface area contributed by atoms with Crippen molar-refractivity contribution in [3.8, 4) is 0 Å². The second kappa shape index (κ2) is 2.66. The molecule has 0 saturated carbocycles. The zero-order valence-electron chi connectivity index (χ0n) is 5.99. The van der Waals surface area contributed by atoms with Crippen LogP contribution in [0.4, 0.5) is 0 Å². The first-order valence-corrected chi connectivity index (χ1v) is 3.49. The molecule has 0 aromatic carbocycles. The van der Waals surface area contributed by atoms with Crippen molar-refractivity contribution in [2.24, 2.45) is 0 Å². The van der Waals surface area contributed by atoms with Crippen LogP contribution in [0.25, 0.3) is 5.57 Å². The molecule has 1 aromatic heterocycles. The van der Waals surface area contributed by atoms with Crippen molar-refractivity contribution in [1.29, 1.82) is 0 Å². The molecule has 0 bridgehead atoms. The molecule has 0 atom stereocenters. The number of rotatable bonds is 1. The molecule has 2 nitrogen and oxygen atoms in total. The number of furan rings is 1. The van der Waals surface area contributed by atoms with E-state index in [1.165, 1.54) is 0 Å². The summed E-state index contributed by atoms with van der Waals surface area (Å²) >= 11 is 0. The summed E-state index contributed by atoms with van der Waals surface area (Å²) in [4.78, 5) is 0. The summed E-state index contributed by atoms with van der Waals surface area (Å²) in [6.45, 7) is 0.657. The highest BCUT2D eigenvalue weighted by Gasteiger charge is 2.02. The lowest BCUT2D eigenvalue weighted by Gasteiger charge is -2.04. The molecule has 2 rings (SSSR count). The van der Waals surface area contributed by atoms with Gasteiger partial charge in [-0.25, -0.2) is 0 Å². The molecule has 11 heavy (non-hydrogen) atoms. The summed E-state index contributed by atoms with van der Waals surface area (Å²) in [6, 6.07) is 3.77. The van der Waals surface area contributed by atoms with Crippen molar-refractivity contribution in [2.75, 3.05) is 6.61 Å². The lowest BCUT2D eigenvalue weighted by Crippen LogP contribution is -1.90. The fourth-order valence-electron chi connectivity index (χ4n) is 0.991. The number of hydrogen-bond acceptors (Lipinski definition) is 2. The lowest BCUT2D eigenvalue weighted by atomic mass is 10.2. The van der Waals surface area contributed by atoms with E-state index in [1.807, 2.05) is 24.3 Å². The van der Waals surface area contributed by atoms with Gasteiger partial charge in [0.1, 0.15) is 12.4 Å². The second-order valence-corrected chi connectivity index (χ2v) is 2.29. The van der Waals surface area contributed by atoms with Gasteiger partial charge in [0.25, 0.3) is 0 Å². The Bertz CT molecular complexity index is 281. The molecule has 0 radical (unpaired) electrons. The highest BCUT2D eigenvalue weighted by Crippen LogP contribution is 2.18. The Labute approximate surface area is 64.8 Å². The van der Waals surface area contributed by atoms with Gasteiger partial charge in [0.2, 0.25) is 0 Å². The van der Waals surface area contributed by atoms with Crippen LogP contribution in [-0.4, -0.2) is 6.61 Å². The van der Waals surface area contributed by atoms with Crippen LogP contribution < -0.4 is 0 Å². The van der Waals surface area contributed by atoms with E-state index in [9.17, 15) is 0 Å². The molecule has 0 saturated heterocycles. The van der Waals surface area contributed by atoms with Gasteiger partial charge in [-0.2, -0.15) is 0 Å². The van der Waals surface area contributed by atoms with Crippen LogP contribution in [0.3, 0.4) is 0 Å². The zero-order valence-corrected chi connectivity index (χ0v) is 5.99. The average molecular weight is 148 g/mol. The number of allylic oxidation sites excluding steroid dienone is 2. The molecule has 0 spiro atoms. The summed E-state index contributed by atoms with van der Waals surface area (Å²) in [5, 5.41) is 0. The predicted molar refractivity (Wildman–Crippen MR) is 41.8 cm³/mol. The maximum atomic E-state index is 5.17. The Balaban J connectivity index is 2.29. The largest absolute Gasteiger partial charge is 0.496 e. The van der Waals surface area contributed by atoms with Gasteiger partial charge in [0.15, 0.2) is 0 Å². The Morgan fingerprint density at radius 3 is 3.00 bits per heavy atom. The minimum absolute atomic E-state index is 0.657. The van der Waals surface area contributed by atoms with Crippen molar-refractivity contribution >= 4 is 5.57 Å². The molecule has 1 aromatic rings. The molecule has 0 unspecified atom stereocenters. The fraction of sp³-hybridized carbons (Fsp3) is 0.111. The Morgan fingerprint density at radius 1 is 1.36 bits per heavy atom. The first kappa shape index (κ1) is 6.28. The monoisotopic (exact) mass is 148 g/mol.